The lowest BCUT2D eigenvalue weighted by atomic mass is 9.97. The summed E-state index contributed by atoms with van der Waals surface area (Å²) < 4.78 is 0. The number of hydrogen-bond donors (Lipinski definition) is 1. The summed E-state index contributed by atoms with van der Waals surface area (Å²) >= 11 is 1.78. The molecule has 1 aliphatic rings. The van der Waals surface area contributed by atoms with Crippen LogP contribution in [0.4, 0.5) is 5.82 Å². The van der Waals surface area contributed by atoms with Crippen LogP contribution in [0.1, 0.15) is 23.3 Å². The van der Waals surface area contributed by atoms with E-state index in [0.717, 1.165) is 28.9 Å². The molecule has 20 heavy (non-hydrogen) atoms. The fourth-order valence-corrected chi connectivity index (χ4v) is 3.96. The summed E-state index contributed by atoms with van der Waals surface area (Å²) in [6.07, 6.45) is 6.33. The van der Waals surface area contributed by atoms with E-state index in [-0.39, 0.29) is 5.91 Å². The minimum Gasteiger partial charge on any atom is -0.358 e. The number of aromatic nitrogens is 2. The number of aryl methyl sites for hydroxylation is 2. The van der Waals surface area contributed by atoms with E-state index in [4.69, 9.17) is 0 Å². The molecular weight excluding hydrogens is 272 g/mol. The minimum absolute atomic E-state index is 0.0108. The lowest BCUT2D eigenvalue weighted by Crippen LogP contribution is -2.33. The van der Waals surface area contributed by atoms with Gasteiger partial charge in [0.15, 0.2) is 0 Å². The molecule has 1 aliphatic carbocycles. The zero-order valence-corrected chi connectivity index (χ0v) is 12.6. The van der Waals surface area contributed by atoms with Gasteiger partial charge in [0.2, 0.25) is 5.91 Å². The summed E-state index contributed by atoms with van der Waals surface area (Å²) in [6.45, 7) is 0.313. The van der Waals surface area contributed by atoms with E-state index in [2.05, 4.69) is 15.3 Å². The molecule has 0 unspecified atom stereocenters. The monoisotopic (exact) mass is 290 g/mol. The van der Waals surface area contributed by atoms with Crippen LogP contribution in [0.3, 0.4) is 0 Å². The van der Waals surface area contributed by atoms with Crippen molar-refractivity contribution in [3.63, 3.8) is 0 Å². The predicted octanol–water partition coefficient (Wildman–Crippen LogP) is 1.75. The van der Waals surface area contributed by atoms with Crippen LogP contribution >= 0.6 is 11.3 Å². The third kappa shape index (κ3) is 2.24. The van der Waals surface area contributed by atoms with Crippen molar-refractivity contribution in [3.05, 3.63) is 16.8 Å². The molecule has 0 radical (unpaired) electrons. The van der Waals surface area contributed by atoms with E-state index in [1.807, 2.05) is 11.9 Å². The lowest BCUT2D eigenvalue weighted by molar-refractivity contribution is -0.119. The highest BCUT2D eigenvalue weighted by Gasteiger charge is 2.21. The van der Waals surface area contributed by atoms with Gasteiger partial charge in [0.25, 0.3) is 0 Å². The molecule has 106 valence electrons. The average molecular weight is 290 g/mol. The van der Waals surface area contributed by atoms with Gasteiger partial charge in [-0.05, 0) is 31.2 Å². The second kappa shape index (κ2) is 5.36. The average Bonchev–Trinajstić information content (AvgIpc) is 2.85. The summed E-state index contributed by atoms with van der Waals surface area (Å²) in [5.74, 6) is 0.862. The first-order chi connectivity index (χ1) is 9.70. The van der Waals surface area contributed by atoms with Crippen LogP contribution in [0.25, 0.3) is 10.2 Å². The lowest BCUT2D eigenvalue weighted by Gasteiger charge is -2.19. The second-order valence-electron chi connectivity index (χ2n) is 5.12. The van der Waals surface area contributed by atoms with Crippen LogP contribution in [0.15, 0.2) is 6.33 Å². The molecule has 1 amide bonds. The number of carbonyl (C=O) groups excluding carboxylic acids is 1. The van der Waals surface area contributed by atoms with Gasteiger partial charge < -0.3 is 10.2 Å². The predicted molar refractivity (Wildman–Crippen MR) is 81.4 cm³/mol. The Morgan fingerprint density at radius 1 is 1.40 bits per heavy atom. The topological polar surface area (TPSA) is 58.1 Å². The Bertz CT molecular complexity index is 652. The van der Waals surface area contributed by atoms with Gasteiger partial charge in [0.05, 0.1) is 11.9 Å². The molecule has 1 N–H and O–H groups in total. The first-order valence-electron chi connectivity index (χ1n) is 6.87. The van der Waals surface area contributed by atoms with Gasteiger partial charge in [-0.1, -0.05) is 0 Å². The Balaban J connectivity index is 2.06. The number of nitrogens with one attached hydrogen (secondary N) is 1. The molecule has 0 saturated carbocycles. The Hall–Kier alpha value is -1.69. The maximum atomic E-state index is 11.6. The van der Waals surface area contributed by atoms with E-state index in [1.165, 1.54) is 23.3 Å². The van der Waals surface area contributed by atoms with Gasteiger partial charge >= 0.3 is 0 Å². The zero-order valence-electron chi connectivity index (χ0n) is 11.8. The van der Waals surface area contributed by atoms with E-state index >= 15 is 0 Å². The van der Waals surface area contributed by atoms with Gasteiger partial charge in [-0.15, -0.1) is 11.3 Å². The number of likely N-dealkylation sites (N-methyl/N-ethyl adjacent to an activating group) is 2. The molecule has 2 aromatic rings. The molecule has 0 bridgehead atoms. The quantitative estimate of drug-likeness (QED) is 0.935. The van der Waals surface area contributed by atoms with Gasteiger partial charge in [-0.25, -0.2) is 9.97 Å². The van der Waals surface area contributed by atoms with E-state index in [0.29, 0.717) is 6.54 Å². The number of rotatable bonds is 3. The molecule has 0 aliphatic heterocycles. The number of carbonyl (C=O) groups is 1. The van der Waals surface area contributed by atoms with E-state index < -0.39 is 0 Å². The summed E-state index contributed by atoms with van der Waals surface area (Å²) in [4.78, 5) is 24.8. The summed E-state index contributed by atoms with van der Waals surface area (Å²) in [6, 6.07) is 0. The standard InChI is InChI=1S/C14H18N4OS/c1-15-11(19)7-18(2)13-12-9-5-3-4-6-10(9)20-14(12)17-8-16-13/h8H,3-7H2,1-2H3,(H,15,19). The van der Waals surface area contributed by atoms with Gasteiger partial charge in [0.1, 0.15) is 17.0 Å². The fraction of sp³-hybridized carbons (Fsp3) is 0.500. The van der Waals surface area contributed by atoms with Crippen LogP contribution in [0, 0.1) is 0 Å². The minimum atomic E-state index is -0.0108. The van der Waals surface area contributed by atoms with Crippen LogP contribution < -0.4 is 10.2 Å². The van der Waals surface area contributed by atoms with Crippen LogP contribution in [-0.4, -0.2) is 36.5 Å². The summed E-state index contributed by atoms with van der Waals surface area (Å²) in [5.41, 5.74) is 1.40. The molecule has 6 heteroatoms. The van der Waals surface area contributed by atoms with Crippen molar-refractivity contribution < 1.29 is 4.79 Å². The van der Waals surface area contributed by atoms with Gasteiger partial charge in [0, 0.05) is 19.0 Å². The Morgan fingerprint density at radius 3 is 3.00 bits per heavy atom. The molecule has 2 aromatic heterocycles. The van der Waals surface area contributed by atoms with E-state index in [1.54, 1.807) is 24.7 Å². The highest BCUT2D eigenvalue weighted by Crippen LogP contribution is 2.38. The molecule has 0 fully saturated rings. The Labute approximate surface area is 122 Å². The molecule has 3 rings (SSSR count). The van der Waals surface area contributed by atoms with Crippen molar-refractivity contribution in [2.75, 3.05) is 25.5 Å². The Morgan fingerprint density at radius 2 is 2.20 bits per heavy atom. The number of hydrogen-bond acceptors (Lipinski definition) is 5. The Kier molecular flexibility index (Phi) is 3.56. The van der Waals surface area contributed by atoms with Crippen LogP contribution in [0.2, 0.25) is 0 Å². The maximum absolute atomic E-state index is 11.6. The van der Waals surface area contributed by atoms with Crippen molar-refractivity contribution in [2.24, 2.45) is 0 Å². The second-order valence-corrected chi connectivity index (χ2v) is 6.20. The molecule has 2 heterocycles. The zero-order chi connectivity index (χ0) is 14.1. The highest BCUT2D eigenvalue weighted by atomic mass is 32.1. The first-order valence-corrected chi connectivity index (χ1v) is 7.69. The molecule has 0 spiro atoms. The molecular formula is C14H18N4OS. The number of anilines is 1. The highest BCUT2D eigenvalue weighted by molar-refractivity contribution is 7.19. The fourth-order valence-electron chi connectivity index (χ4n) is 2.73. The summed E-state index contributed by atoms with van der Waals surface area (Å²) in [5, 5.41) is 3.80. The van der Waals surface area contributed by atoms with Crippen molar-refractivity contribution >= 4 is 33.3 Å². The third-order valence-electron chi connectivity index (χ3n) is 3.75. The third-order valence-corrected chi connectivity index (χ3v) is 4.95. The smallest absolute Gasteiger partial charge is 0.239 e. The van der Waals surface area contributed by atoms with E-state index in [9.17, 15) is 4.79 Å². The number of fused-ring (bicyclic) bond motifs is 3. The maximum Gasteiger partial charge on any atom is 0.239 e. The molecule has 0 saturated heterocycles. The molecule has 0 aromatic carbocycles. The summed E-state index contributed by atoms with van der Waals surface area (Å²) in [7, 11) is 3.56. The largest absolute Gasteiger partial charge is 0.358 e. The van der Waals surface area contributed by atoms with Gasteiger partial charge in [-0.3, -0.25) is 4.79 Å². The molecule has 0 atom stereocenters. The van der Waals surface area contributed by atoms with Crippen molar-refractivity contribution in [2.45, 2.75) is 25.7 Å². The van der Waals surface area contributed by atoms with Crippen LogP contribution in [0.5, 0.6) is 0 Å². The number of amides is 1. The van der Waals surface area contributed by atoms with Crippen molar-refractivity contribution in [1.82, 2.24) is 15.3 Å². The van der Waals surface area contributed by atoms with Gasteiger partial charge in [-0.2, -0.15) is 0 Å². The SMILES string of the molecule is CNC(=O)CN(C)c1ncnc2sc3c(c12)CCCC3. The normalized spacial score (nSPS) is 14.1. The van der Waals surface area contributed by atoms with Crippen molar-refractivity contribution in [1.29, 1.82) is 0 Å². The van der Waals surface area contributed by atoms with Crippen molar-refractivity contribution in [3.8, 4) is 0 Å². The number of nitrogens with zero attached hydrogens (tertiary/aromatic N) is 3. The van der Waals surface area contributed by atoms with Crippen LogP contribution in [-0.2, 0) is 17.6 Å². The first kappa shape index (κ1) is 13.3. The number of thiophene rings is 1. The molecule has 5 nitrogen and oxygen atoms in total.